The Bertz CT molecular complexity index is 1150. The van der Waals surface area contributed by atoms with Gasteiger partial charge in [0.2, 0.25) is 0 Å². The molecule has 2 amide bonds. The molecule has 30 heavy (non-hydrogen) atoms. The standard InChI is InChI=1S/C25H21NO3S/c1-16-9-12-18(13-10-16)22-23(30-19-7-5-4-6-8-19)25(28)26(24(22)27)20-15-17(2)11-14-21(20)29-3/h4-15H,1-3H3. The first-order valence-electron chi connectivity index (χ1n) is 9.57. The molecule has 0 atom stereocenters. The number of hydrogen-bond donors (Lipinski definition) is 0. The van der Waals surface area contributed by atoms with Gasteiger partial charge in [-0.3, -0.25) is 9.59 Å². The highest BCUT2D eigenvalue weighted by Gasteiger charge is 2.41. The molecule has 150 valence electrons. The van der Waals surface area contributed by atoms with Gasteiger partial charge < -0.3 is 4.74 Å². The largest absolute Gasteiger partial charge is 0.495 e. The quantitative estimate of drug-likeness (QED) is 0.524. The smallest absolute Gasteiger partial charge is 0.273 e. The second-order valence-electron chi connectivity index (χ2n) is 7.11. The number of anilines is 1. The SMILES string of the molecule is COc1ccc(C)cc1N1C(=O)C(Sc2ccccc2)=C(c2ccc(C)cc2)C1=O. The van der Waals surface area contributed by atoms with Gasteiger partial charge in [-0.05, 0) is 49.2 Å². The molecule has 3 aromatic rings. The summed E-state index contributed by atoms with van der Waals surface area (Å²) in [4.78, 5) is 29.6. The van der Waals surface area contributed by atoms with Crippen LogP contribution in [0.3, 0.4) is 0 Å². The molecule has 0 N–H and O–H groups in total. The van der Waals surface area contributed by atoms with Gasteiger partial charge in [0.1, 0.15) is 5.75 Å². The lowest BCUT2D eigenvalue weighted by atomic mass is 10.0. The molecule has 1 aliphatic rings. The second-order valence-corrected chi connectivity index (χ2v) is 8.19. The number of amides is 2. The van der Waals surface area contributed by atoms with Gasteiger partial charge in [0.05, 0.1) is 23.3 Å². The summed E-state index contributed by atoms with van der Waals surface area (Å²) in [6, 6.07) is 22.7. The van der Waals surface area contributed by atoms with Crippen LogP contribution in [0.15, 0.2) is 82.6 Å². The molecular formula is C25H21NO3S. The molecule has 0 radical (unpaired) electrons. The van der Waals surface area contributed by atoms with Crippen molar-refractivity contribution in [2.75, 3.05) is 12.0 Å². The highest BCUT2D eigenvalue weighted by atomic mass is 32.2. The van der Waals surface area contributed by atoms with E-state index in [0.717, 1.165) is 21.6 Å². The number of benzene rings is 3. The van der Waals surface area contributed by atoms with Crippen LogP contribution in [-0.4, -0.2) is 18.9 Å². The minimum atomic E-state index is -0.341. The van der Waals surface area contributed by atoms with Gasteiger partial charge in [-0.15, -0.1) is 0 Å². The van der Waals surface area contributed by atoms with Crippen molar-refractivity contribution in [3.63, 3.8) is 0 Å². The average Bonchev–Trinajstić information content (AvgIpc) is 2.99. The van der Waals surface area contributed by atoms with Crippen molar-refractivity contribution in [3.05, 3.63) is 94.4 Å². The van der Waals surface area contributed by atoms with Crippen LogP contribution in [0.1, 0.15) is 16.7 Å². The summed E-state index contributed by atoms with van der Waals surface area (Å²) in [7, 11) is 1.53. The summed E-state index contributed by atoms with van der Waals surface area (Å²) in [5, 5.41) is 0. The number of carbonyl (C=O) groups is 2. The highest BCUT2D eigenvalue weighted by molar-refractivity contribution is 8.04. The van der Waals surface area contributed by atoms with E-state index in [9.17, 15) is 9.59 Å². The zero-order valence-electron chi connectivity index (χ0n) is 17.0. The molecule has 0 saturated heterocycles. The fourth-order valence-corrected chi connectivity index (χ4v) is 4.39. The number of nitrogens with zero attached hydrogens (tertiary/aromatic N) is 1. The van der Waals surface area contributed by atoms with Crippen molar-refractivity contribution < 1.29 is 14.3 Å². The third-order valence-corrected chi connectivity index (χ3v) is 6.01. The maximum absolute atomic E-state index is 13.6. The van der Waals surface area contributed by atoms with Crippen molar-refractivity contribution in [3.8, 4) is 5.75 Å². The predicted octanol–water partition coefficient (Wildman–Crippen LogP) is 5.39. The van der Waals surface area contributed by atoms with Gasteiger partial charge in [-0.2, -0.15) is 0 Å². The van der Waals surface area contributed by atoms with Crippen LogP contribution in [0.4, 0.5) is 5.69 Å². The van der Waals surface area contributed by atoms with Crippen molar-refractivity contribution in [1.29, 1.82) is 0 Å². The molecule has 1 heterocycles. The van der Waals surface area contributed by atoms with Gasteiger partial charge in [0.25, 0.3) is 11.8 Å². The molecule has 0 spiro atoms. The fourth-order valence-electron chi connectivity index (χ4n) is 3.38. The summed E-state index contributed by atoms with van der Waals surface area (Å²) < 4.78 is 5.45. The van der Waals surface area contributed by atoms with Gasteiger partial charge >= 0.3 is 0 Å². The number of imide groups is 1. The van der Waals surface area contributed by atoms with Crippen molar-refractivity contribution in [2.24, 2.45) is 0 Å². The molecule has 0 aromatic heterocycles. The summed E-state index contributed by atoms with van der Waals surface area (Å²) in [6.45, 7) is 3.91. The molecule has 0 aliphatic carbocycles. The highest BCUT2D eigenvalue weighted by Crippen LogP contribution is 2.43. The summed E-state index contributed by atoms with van der Waals surface area (Å²) in [6.07, 6.45) is 0. The van der Waals surface area contributed by atoms with Crippen LogP contribution < -0.4 is 9.64 Å². The Labute approximate surface area is 180 Å². The lowest BCUT2D eigenvalue weighted by molar-refractivity contribution is -0.119. The first-order chi connectivity index (χ1) is 14.5. The fraction of sp³-hybridized carbons (Fsp3) is 0.120. The number of carbonyl (C=O) groups excluding carboxylic acids is 2. The third-order valence-electron chi connectivity index (χ3n) is 4.92. The Morgan fingerprint density at radius 3 is 2.13 bits per heavy atom. The normalized spacial score (nSPS) is 13.9. The van der Waals surface area contributed by atoms with Gasteiger partial charge in [-0.1, -0.05) is 65.9 Å². The van der Waals surface area contributed by atoms with Crippen molar-refractivity contribution >= 4 is 34.8 Å². The van der Waals surface area contributed by atoms with Crippen molar-refractivity contribution in [1.82, 2.24) is 0 Å². The van der Waals surface area contributed by atoms with E-state index in [4.69, 9.17) is 4.74 Å². The van der Waals surface area contributed by atoms with E-state index in [0.29, 0.717) is 21.9 Å². The summed E-state index contributed by atoms with van der Waals surface area (Å²) in [5.74, 6) is -0.198. The summed E-state index contributed by atoms with van der Waals surface area (Å²) in [5.41, 5.74) is 3.63. The monoisotopic (exact) mass is 415 g/mol. The molecule has 4 rings (SSSR count). The number of hydrogen-bond acceptors (Lipinski definition) is 4. The molecular weight excluding hydrogens is 394 g/mol. The molecule has 5 heteroatoms. The first-order valence-corrected chi connectivity index (χ1v) is 10.4. The van der Waals surface area contributed by atoms with Crippen LogP contribution >= 0.6 is 11.8 Å². The second kappa shape index (κ2) is 8.20. The number of thioether (sulfide) groups is 1. The number of rotatable bonds is 5. The van der Waals surface area contributed by atoms with Gasteiger partial charge in [0, 0.05) is 4.90 Å². The lowest BCUT2D eigenvalue weighted by Gasteiger charge is -2.19. The minimum Gasteiger partial charge on any atom is -0.495 e. The minimum absolute atomic E-state index is 0.340. The topological polar surface area (TPSA) is 46.6 Å². The Morgan fingerprint density at radius 2 is 1.47 bits per heavy atom. The molecule has 0 bridgehead atoms. The molecule has 1 aliphatic heterocycles. The van der Waals surface area contributed by atoms with E-state index in [1.807, 2.05) is 74.5 Å². The van der Waals surface area contributed by atoms with Crippen LogP contribution in [-0.2, 0) is 9.59 Å². The van der Waals surface area contributed by atoms with Crippen molar-refractivity contribution in [2.45, 2.75) is 18.7 Å². The Kier molecular flexibility index (Phi) is 5.46. The Balaban J connectivity index is 1.86. The first kappa shape index (κ1) is 20.0. The number of methoxy groups -OCH3 is 1. The lowest BCUT2D eigenvalue weighted by Crippen LogP contribution is -2.31. The van der Waals surface area contributed by atoms with E-state index >= 15 is 0 Å². The third kappa shape index (κ3) is 3.64. The van der Waals surface area contributed by atoms with Crippen LogP contribution in [0, 0.1) is 13.8 Å². The van der Waals surface area contributed by atoms with Crippen LogP contribution in [0.5, 0.6) is 5.75 Å². The molecule has 3 aromatic carbocycles. The van der Waals surface area contributed by atoms with Crippen LogP contribution in [0.2, 0.25) is 0 Å². The number of aryl methyl sites for hydroxylation is 2. The zero-order valence-corrected chi connectivity index (χ0v) is 17.8. The van der Waals surface area contributed by atoms with Gasteiger partial charge in [0.15, 0.2) is 0 Å². The maximum atomic E-state index is 13.6. The van der Waals surface area contributed by atoms with Gasteiger partial charge in [-0.25, -0.2) is 4.90 Å². The van der Waals surface area contributed by atoms with E-state index in [-0.39, 0.29) is 11.8 Å². The molecule has 0 saturated carbocycles. The number of ether oxygens (including phenoxy) is 1. The Morgan fingerprint density at radius 1 is 0.800 bits per heavy atom. The van der Waals surface area contributed by atoms with E-state index in [1.54, 1.807) is 12.1 Å². The summed E-state index contributed by atoms with van der Waals surface area (Å²) >= 11 is 1.31. The Hall–Kier alpha value is -3.31. The molecule has 4 nitrogen and oxygen atoms in total. The van der Waals surface area contributed by atoms with E-state index in [1.165, 1.54) is 23.8 Å². The maximum Gasteiger partial charge on any atom is 0.273 e. The molecule has 0 unspecified atom stereocenters. The predicted molar refractivity (Wildman–Crippen MR) is 121 cm³/mol. The average molecular weight is 416 g/mol. The van der Waals surface area contributed by atoms with E-state index in [2.05, 4.69) is 0 Å². The van der Waals surface area contributed by atoms with E-state index < -0.39 is 0 Å². The zero-order chi connectivity index (χ0) is 21.3. The van der Waals surface area contributed by atoms with Crippen LogP contribution in [0.25, 0.3) is 5.57 Å². The molecule has 0 fully saturated rings.